The summed E-state index contributed by atoms with van der Waals surface area (Å²) in [5.74, 6) is -1.02. The third-order valence-electron chi connectivity index (χ3n) is 8.75. The number of aliphatic hydroxyl groups is 2. The summed E-state index contributed by atoms with van der Waals surface area (Å²) >= 11 is 0. The maximum absolute atomic E-state index is 13.4. The minimum absolute atomic E-state index is 0.0301. The predicted octanol–water partition coefficient (Wildman–Crippen LogP) is 1.34. The quantitative estimate of drug-likeness (QED) is 0.430. The van der Waals surface area contributed by atoms with Gasteiger partial charge in [0.1, 0.15) is 24.4 Å². The van der Waals surface area contributed by atoms with Crippen molar-refractivity contribution in [1.82, 2.24) is 0 Å². The second-order valence-corrected chi connectivity index (χ2v) is 11.0. The van der Waals surface area contributed by atoms with Crippen LogP contribution < -0.4 is 18.9 Å². The van der Waals surface area contributed by atoms with E-state index in [1.807, 2.05) is 0 Å². The van der Waals surface area contributed by atoms with Crippen LogP contribution in [0.5, 0.6) is 28.7 Å². The number of aliphatic hydroxyl groups excluding tert-OH is 2. The van der Waals surface area contributed by atoms with Gasteiger partial charge in [0.25, 0.3) is 0 Å². The van der Waals surface area contributed by atoms with Gasteiger partial charge in [-0.2, -0.15) is 0 Å². The third kappa shape index (κ3) is 4.26. The lowest BCUT2D eigenvalue weighted by atomic mass is 9.66. The van der Waals surface area contributed by atoms with Crippen LogP contribution in [0.15, 0.2) is 24.3 Å². The van der Waals surface area contributed by atoms with Gasteiger partial charge in [0.2, 0.25) is 12.5 Å². The molecule has 8 unspecified atom stereocenters. The first-order valence-electron chi connectivity index (χ1n) is 13.8. The SMILES string of the molecule is COc1cc([C@@H]2c3cc4c(cc3C(OC3OC5COC(C)OC5C(O)C3O)[C@H]3COC(=O)C23)OCO4)cc(OC)c1O. The van der Waals surface area contributed by atoms with Gasteiger partial charge in [0.05, 0.1) is 39.5 Å². The maximum Gasteiger partial charge on any atom is 0.310 e. The molecule has 0 radical (unpaired) electrons. The number of esters is 1. The molecule has 42 heavy (non-hydrogen) atoms. The first-order valence-corrected chi connectivity index (χ1v) is 13.8. The Labute approximate surface area is 240 Å². The van der Waals surface area contributed by atoms with E-state index in [1.54, 1.807) is 31.2 Å². The van der Waals surface area contributed by atoms with E-state index in [0.717, 1.165) is 0 Å². The van der Waals surface area contributed by atoms with E-state index in [2.05, 4.69) is 0 Å². The molecule has 3 saturated heterocycles. The van der Waals surface area contributed by atoms with Crippen molar-refractivity contribution in [2.24, 2.45) is 11.8 Å². The van der Waals surface area contributed by atoms with Gasteiger partial charge in [-0.25, -0.2) is 0 Å². The molecule has 4 aliphatic heterocycles. The summed E-state index contributed by atoms with van der Waals surface area (Å²) in [6.07, 6.45) is -6.80. The minimum atomic E-state index is -1.44. The van der Waals surface area contributed by atoms with E-state index in [0.29, 0.717) is 28.2 Å². The zero-order valence-corrected chi connectivity index (χ0v) is 23.1. The molecule has 0 bridgehead atoms. The van der Waals surface area contributed by atoms with Crippen LogP contribution in [0.2, 0.25) is 0 Å². The number of rotatable bonds is 5. The fraction of sp³-hybridized carbons (Fsp3) is 0.552. The number of phenols is 1. The number of hydrogen-bond acceptors (Lipinski definition) is 13. The average Bonchev–Trinajstić information content (AvgIpc) is 3.61. The molecule has 2 aromatic rings. The highest BCUT2D eigenvalue weighted by atomic mass is 16.8. The Kier molecular flexibility index (Phi) is 6.83. The molecule has 4 heterocycles. The van der Waals surface area contributed by atoms with Crippen LogP contribution >= 0.6 is 0 Å². The molecule has 7 rings (SSSR count). The molecule has 10 atom stereocenters. The van der Waals surface area contributed by atoms with E-state index in [-0.39, 0.29) is 37.3 Å². The fourth-order valence-electron chi connectivity index (χ4n) is 6.74. The number of carbonyl (C=O) groups excluding carboxylic acids is 1. The van der Waals surface area contributed by atoms with E-state index >= 15 is 0 Å². The molecule has 13 heteroatoms. The van der Waals surface area contributed by atoms with Crippen molar-refractivity contribution in [2.45, 2.75) is 55.9 Å². The van der Waals surface area contributed by atoms with Gasteiger partial charge < -0.3 is 58.0 Å². The zero-order chi connectivity index (χ0) is 29.3. The number of hydrogen-bond donors (Lipinski definition) is 3. The van der Waals surface area contributed by atoms with Gasteiger partial charge in [-0.3, -0.25) is 4.79 Å². The van der Waals surface area contributed by atoms with Crippen LogP contribution in [0.25, 0.3) is 0 Å². The number of ether oxygens (including phenoxy) is 9. The average molecular weight is 589 g/mol. The molecular formula is C29H32O13. The van der Waals surface area contributed by atoms with E-state index in [9.17, 15) is 20.1 Å². The normalized spacial score (nSPS) is 36.5. The van der Waals surface area contributed by atoms with Crippen LogP contribution in [0, 0.1) is 11.8 Å². The second-order valence-electron chi connectivity index (χ2n) is 11.0. The van der Waals surface area contributed by atoms with Crippen molar-refractivity contribution in [3.63, 3.8) is 0 Å². The number of aromatic hydroxyl groups is 1. The number of phenolic OH excluding ortho intramolecular Hbond substituents is 1. The lowest BCUT2D eigenvalue weighted by molar-refractivity contribution is -0.364. The fourth-order valence-corrected chi connectivity index (χ4v) is 6.74. The van der Waals surface area contributed by atoms with E-state index in [1.165, 1.54) is 14.2 Å². The maximum atomic E-state index is 13.4. The Morgan fingerprint density at radius 1 is 0.881 bits per heavy atom. The third-order valence-corrected chi connectivity index (χ3v) is 8.75. The number of methoxy groups -OCH3 is 2. The number of fused-ring (bicyclic) bond motifs is 4. The van der Waals surface area contributed by atoms with Crippen LogP contribution in [0.1, 0.15) is 35.6 Å². The number of carbonyl (C=O) groups is 1. The Morgan fingerprint density at radius 2 is 1.57 bits per heavy atom. The summed E-state index contributed by atoms with van der Waals surface area (Å²) in [4.78, 5) is 13.4. The first-order chi connectivity index (χ1) is 20.3. The summed E-state index contributed by atoms with van der Waals surface area (Å²) in [6.45, 7) is 1.93. The van der Waals surface area contributed by atoms with Crippen molar-refractivity contribution >= 4 is 5.97 Å². The van der Waals surface area contributed by atoms with E-state index < -0.39 is 66.8 Å². The molecule has 226 valence electrons. The smallest absolute Gasteiger partial charge is 0.310 e. The number of cyclic esters (lactones) is 1. The Hall–Kier alpha value is -3.33. The Morgan fingerprint density at radius 3 is 2.26 bits per heavy atom. The minimum Gasteiger partial charge on any atom is -0.502 e. The first kappa shape index (κ1) is 27.5. The van der Waals surface area contributed by atoms with Gasteiger partial charge in [-0.1, -0.05) is 0 Å². The summed E-state index contributed by atoms with van der Waals surface area (Å²) < 4.78 is 51.5. The summed E-state index contributed by atoms with van der Waals surface area (Å²) in [5.41, 5.74) is 2.01. The standard InChI is InChI=1S/C29H32O13/c1-11-36-9-20-27(40-11)24(31)25(32)29(41-20)42-26-14-7-17-16(38-10-39-17)6-13(14)21(22-15(26)8-37-28(22)33)12-4-18(34-2)23(30)19(5-12)35-3/h4-7,11,15,20-22,24-27,29-32H,8-10H2,1-3H3/t11?,15-,20?,21+,22?,24?,25?,26?,27?,29?/m0/s1. The molecule has 3 fully saturated rings. The van der Waals surface area contributed by atoms with Crippen molar-refractivity contribution in [3.05, 3.63) is 41.0 Å². The molecule has 5 aliphatic rings. The van der Waals surface area contributed by atoms with Crippen molar-refractivity contribution in [1.29, 1.82) is 0 Å². The van der Waals surface area contributed by atoms with Crippen molar-refractivity contribution < 1.29 is 62.7 Å². The molecule has 0 saturated carbocycles. The topological polar surface area (TPSA) is 161 Å². The zero-order valence-electron chi connectivity index (χ0n) is 23.1. The van der Waals surface area contributed by atoms with E-state index in [4.69, 9.17) is 42.6 Å². The molecule has 2 aromatic carbocycles. The monoisotopic (exact) mass is 588 g/mol. The molecular weight excluding hydrogens is 556 g/mol. The summed E-state index contributed by atoms with van der Waals surface area (Å²) in [6, 6.07) is 6.93. The van der Waals surface area contributed by atoms with Gasteiger partial charge >= 0.3 is 5.97 Å². The second kappa shape index (κ2) is 10.4. The van der Waals surface area contributed by atoms with Gasteiger partial charge in [0.15, 0.2) is 35.6 Å². The molecule has 0 spiro atoms. The molecule has 1 aliphatic carbocycles. The Balaban J connectivity index is 1.32. The summed E-state index contributed by atoms with van der Waals surface area (Å²) in [7, 11) is 2.86. The lowest BCUT2D eigenvalue weighted by Crippen LogP contribution is -2.63. The Bertz CT molecular complexity index is 1350. The largest absolute Gasteiger partial charge is 0.502 e. The number of benzene rings is 2. The van der Waals surface area contributed by atoms with Gasteiger partial charge in [-0.05, 0) is 47.9 Å². The molecule has 0 amide bonds. The molecule has 3 N–H and O–H groups in total. The van der Waals surface area contributed by atoms with Crippen LogP contribution in [0.4, 0.5) is 0 Å². The molecule has 0 aromatic heterocycles. The highest BCUT2D eigenvalue weighted by Crippen LogP contribution is 2.57. The van der Waals surface area contributed by atoms with Gasteiger partial charge in [0, 0.05) is 11.8 Å². The van der Waals surface area contributed by atoms with Crippen LogP contribution in [-0.4, -0.2) is 92.5 Å². The molecule has 13 nitrogen and oxygen atoms in total. The predicted molar refractivity (Wildman–Crippen MR) is 138 cm³/mol. The lowest BCUT2D eigenvalue weighted by Gasteiger charge is -2.47. The van der Waals surface area contributed by atoms with Crippen molar-refractivity contribution in [3.8, 4) is 28.7 Å². The van der Waals surface area contributed by atoms with Crippen LogP contribution in [-0.2, 0) is 28.5 Å². The van der Waals surface area contributed by atoms with Crippen LogP contribution in [0.3, 0.4) is 0 Å². The highest BCUT2D eigenvalue weighted by Gasteiger charge is 2.56. The highest BCUT2D eigenvalue weighted by molar-refractivity contribution is 5.79. The van der Waals surface area contributed by atoms with Gasteiger partial charge in [-0.15, -0.1) is 0 Å². The summed E-state index contributed by atoms with van der Waals surface area (Å²) in [5, 5.41) is 32.5. The van der Waals surface area contributed by atoms with Crippen molar-refractivity contribution in [2.75, 3.05) is 34.2 Å².